The number of alkyl halides is 3. The van der Waals surface area contributed by atoms with E-state index < -0.39 is 30.2 Å². The standard InChI is InChI=1S/C30H32BF3N4O4/c1-17-23-12-18(9-11-22(23)27(38-37-17)36-15-19-8-10-21(39-6)14-25(19)40-7)20-13-24(26(35-16-20)30(32,33)34)31-41-28(2,3)29(4,5)42-31/h8-14,16H,15H2,1-7H3,(H,36,38). The summed E-state index contributed by atoms with van der Waals surface area (Å²) in [6.07, 6.45) is -3.46. The monoisotopic (exact) mass is 580 g/mol. The van der Waals surface area contributed by atoms with Crippen molar-refractivity contribution in [3.63, 3.8) is 0 Å². The summed E-state index contributed by atoms with van der Waals surface area (Å²) < 4.78 is 64.7. The zero-order valence-corrected chi connectivity index (χ0v) is 24.5. The lowest BCUT2D eigenvalue weighted by atomic mass is 9.76. The zero-order valence-electron chi connectivity index (χ0n) is 24.5. The normalized spacial score (nSPS) is 16.1. The number of methoxy groups -OCH3 is 2. The number of aryl methyl sites for hydroxylation is 1. The highest BCUT2D eigenvalue weighted by atomic mass is 19.4. The van der Waals surface area contributed by atoms with E-state index in [1.54, 1.807) is 48.0 Å². The number of nitrogens with zero attached hydrogens (tertiary/aromatic N) is 3. The van der Waals surface area contributed by atoms with Crippen LogP contribution < -0.4 is 20.3 Å². The minimum absolute atomic E-state index is 0.167. The molecule has 0 amide bonds. The largest absolute Gasteiger partial charge is 0.497 e. The molecule has 0 radical (unpaired) electrons. The molecule has 0 bridgehead atoms. The summed E-state index contributed by atoms with van der Waals surface area (Å²) in [7, 11) is 1.96. The van der Waals surface area contributed by atoms with Crippen molar-refractivity contribution >= 4 is 29.2 Å². The van der Waals surface area contributed by atoms with Crippen LogP contribution in [0.2, 0.25) is 0 Å². The Hall–Kier alpha value is -3.90. The van der Waals surface area contributed by atoms with Crippen molar-refractivity contribution in [2.45, 2.75) is 58.5 Å². The molecule has 0 spiro atoms. The summed E-state index contributed by atoms with van der Waals surface area (Å²) in [6.45, 7) is 9.42. The Kier molecular flexibility index (Phi) is 7.57. The fourth-order valence-electron chi connectivity index (χ4n) is 4.80. The van der Waals surface area contributed by atoms with Crippen LogP contribution in [0.4, 0.5) is 19.0 Å². The molecular weight excluding hydrogens is 548 g/mol. The molecular formula is C30H32BF3N4O4. The van der Waals surface area contributed by atoms with Crippen molar-refractivity contribution in [1.82, 2.24) is 15.2 Å². The van der Waals surface area contributed by atoms with Crippen LogP contribution in [0.3, 0.4) is 0 Å². The van der Waals surface area contributed by atoms with Gasteiger partial charge in [0.2, 0.25) is 0 Å². The van der Waals surface area contributed by atoms with Crippen LogP contribution >= 0.6 is 0 Å². The summed E-state index contributed by atoms with van der Waals surface area (Å²) in [5.74, 6) is 1.91. The average Bonchev–Trinajstić information content (AvgIpc) is 3.17. The number of benzene rings is 2. The highest BCUT2D eigenvalue weighted by molar-refractivity contribution is 6.62. The molecule has 0 aliphatic carbocycles. The molecule has 1 aliphatic heterocycles. The summed E-state index contributed by atoms with van der Waals surface area (Å²) in [6, 6.07) is 12.6. The number of pyridine rings is 1. The Morgan fingerprint density at radius 3 is 2.24 bits per heavy atom. The average molecular weight is 580 g/mol. The lowest BCUT2D eigenvalue weighted by Gasteiger charge is -2.32. The number of hydrogen-bond donors (Lipinski definition) is 1. The molecule has 0 unspecified atom stereocenters. The SMILES string of the molecule is COc1ccc(CNc2nnc(C)c3cc(-c4cnc(C(F)(F)F)c(B5OC(C)(C)C(C)(C)O5)c4)ccc23)c(OC)c1. The second kappa shape index (κ2) is 10.7. The lowest BCUT2D eigenvalue weighted by molar-refractivity contribution is -0.140. The maximum Gasteiger partial charge on any atom is 0.497 e. The molecule has 220 valence electrons. The Balaban J connectivity index is 1.50. The fourth-order valence-corrected chi connectivity index (χ4v) is 4.80. The first kappa shape index (κ1) is 29.6. The van der Waals surface area contributed by atoms with Gasteiger partial charge in [0.1, 0.15) is 17.2 Å². The minimum atomic E-state index is -4.68. The van der Waals surface area contributed by atoms with E-state index in [1.165, 1.54) is 12.3 Å². The van der Waals surface area contributed by atoms with E-state index in [9.17, 15) is 13.2 Å². The van der Waals surface area contributed by atoms with Gasteiger partial charge in [0.05, 0.1) is 31.1 Å². The van der Waals surface area contributed by atoms with E-state index in [4.69, 9.17) is 18.8 Å². The van der Waals surface area contributed by atoms with Gasteiger partial charge in [-0.3, -0.25) is 4.98 Å². The zero-order chi connectivity index (χ0) is 30.4. The Labute approximate surface area is 242 Å². The maximum absolute atomic E-state index is 14.0. The van der Waals surface area contributed by atoms with E-state index in [0.29, 0.717) is 40.7 Å². The summed E-state index contributed by atoms with van der Waals surface area (Å²) in [5, 5.41) is 13.6. The van der Waals surface area contributed by atoms with Crippen LogP contribution in [0.25, 0.3) is 21.9 Å². The molecule has 12 heteroatoms. The van der Waals surface area contributed by atoms with Gasteiger partial charge < -0.3 is 24.1 Å². The number of halogens is 3. The molecule has 0 atom stereocenters. The van der Waals surface area contributed by atoms with Gasteiger partial charge in [0, 0.05) is 40.6 Å². The van der Waals surface area contributed by atoms with E-state index >= 15 is 0 Å². The quantitative estimate of drug-likeness (QED) is 0.269. The maximum atomic E-state index is 14.0. The van der Waals surface area contributed by atoms with Crippen LogP contribution in [0.15, 0.2) is 48.7 Å². The minimum Gasteiger partial charge on any atom is -0.497 e. The second-order valence-corrected chi connectivity index (χ2v) is 11.2. The molecule has 8 nitrogen and oxygen atoms in total. The third kappa shape index (κ3) is 5.48. The number of ether oxygens (including phenoxy) is 2. The number of anilines is 1. The number of rotatable bonds is 7. The third-order valence-corrected chi connectivity index (χ3v) is 7.93. The van der Waals surface area contributed by atoms with Gasteiger partial charge >= 0.3 is 13.3 Å². The van der Waals surface area contributed by atoms with Crippen LogP contribution in [0, 0.1) is 6.92 Å². The molecule has 2 aromatic heterocycles. The first-order valence-electron chi connectivity index (χ1n) is 13.4. The lowest BCUT2D eigenvalue weighted by Crippen LogP contribution is -2.41. The van der Waals surface area contributed by atoms with Crippen molar-refractivity contribution < 1.29 is 32.0 Å². The van der Waals surface area contributed by atoms with Crippen molar-refractivity contribution in [3.05, 3.63) is 65.6 Å². The molecule has 1 N–H and O–H groups in total. The van der Waals surface area contributed by atoms with Crippen LogP contribution in [-0.2, 0) is 22.0 Å². The predicted molar refractivity (Wildman–Crippen MR) is 155 cm³/mol. The van der Waals surface area contributed by atoms with Gasteiger partial charge in [-0.1, -0.05) is 12.1 Å². The topological polar surface area (TPSA) is 87.6 Å². The number of nitrogens with one attached hydrogen (secondary N) is 1. The molecule has 5 rings (SSSR count). The first-order valence-corrected chi connectivity index (χ1v) is 13.4. The Bertz CT molecular complexity index is 1630. The first-order chi connectivity index (χ1) is 19.7. The van der Waals surface area contributed by atoms with Gasteiger partial charge in [-0.25, -0.2) is 0 Å². The number of fused-ring (bicyclic) bond motifs is 1. The molecule has 2 aromatic carbocycles. The molecule has 1 saturated heterocycles. The molecule has 1 aliphatic rings. The van der Waals surface area contributed by atoms with Gasteiger partial charge in [-0.05, 0) is 70.0 Å². The van der Waals surface area contributed by atoms with Crippen molar-refractivity contribution in [1.29, 1.82) is 0 Å². The van der Waals surface area contributed by atoms with E-state index in [2.05, 4.69) is 20.5 Å². The Morgan fingerprint density at radius 1 is 0.881 bits per heavy atom. The smallest absolute Gasteiger partial charge is 0.497 e. The van der Waals surface area contributed by atoms with Gasteiger partial charge in [0.15, 0.2) is 5.82 Å². The summed E-state index contributed by atoms with van der Waals surface area (Å²) in [5.41, 5.74) is -0.0963. The molecule has 42 heavy (non-hydrogen) atoms. The molecule has 3 heterocycles. The second-order valence-electron chi connectivity index (χ2n) is 11.2. The molecule has 0 saturated carbocycles. The van der Waals surface area contributed by atoms with Crippen molar-refractivity contribution in [2.24, 2.45) is 0 Å². The van der Waals surface area contributed by atoms with Crippen LogP contribution in [-0.4, -0.2) is 47.7 Å². The number of aromatic nitrogens is 3. The number of hydrogen-bond acceptors (Lipinski definition) is 8. The predicted octanol–water partition coefficient (Wildman–Crippen LogP) is 5.95. The van der Waals surface area contributed by atoms with Gasteiger partial charge in [0.25, 0.3) is 0 Å². The van der Waals surface area contributed by atoms with Crippen molar-refractivity contribution in [3.8, 4) is 22.6 Å². The molecule has 1 fully saturated rings. The highest BCUT2D eigenvalue weighted by Crippen LogP contribution is 2.39. The van der Waals surface area contributed by atoms with E-state index in [-0.39, 0.29) is 5.46 Å². The van der Waals surface area contributed by atoms with E-state index in [1.807, 2.05) is 37.3 Å². The van der Waals surface area contributed by atoms with Crippen LogP contribution in [0.5, 0.6) is 11.5 Å². The molecule has 4 aromatic rings. The van der Waals surface area contributed by atoms with Crippen molar-refractivity contribution in [2.75, 3.05) is 19.5 Å². The van der Waals surface area contributed by atoms with Crippen LogP contribution in [0.1, 0.15) is 44.6 Å². The fraction of sp³-hybridized carbons (Fsp3) is 0.367. The van der Waals surface area contributed by atoms with Gasteiger partial charge in [-0.2, -0.15) is 18.3 Å². The third-order valence-electron chi connectivity index (χ3n) is 7.93. The highest BCUT2D eigenvalue weighted by Gasteiger charge is 2.54. The van der Waals surface area contributed by atoms with Gasteiger partial charge in [-0.15, -0.1) is 5.10 Å². The summed E-state index contributed by atoms with van der Waals surface area (Å²) >= 11 is 0. The summed E-state index contributed by atoms with van der Waals surface area (Å²) in [4.78, 5) is 3.83. The van der Waals surface area contributed by atoms with E-state index in [0.717, 1.165) is 16.3 Å². The Morgan fingerprint density at radius 2 is 1.60 bits per heavy atom.